The Balaban J connectivity index is 2.51. The van der Waals surface area contributed by atoms with E-state index in [1.807, 2.05) is 12.1 Å². The van der Waals surface area contributed by atoms with Crippen LogP contribution in [0.15, 0.2) is 33.9 Å². The zero-order valence-electron chi connectivity index (χ0n) is 9.15. The quantitative estimate of drug-likeness (QED) is 0.790. The zero-order chi connectivity index (χ0) is 11.7. The van der Waals surface area contributed by atoms with Crippen molar-refractivity contribution in [3.63, 3.8) is 0 Å². The summed E-state index contributed by atoms with van der Waals surface area (Å²) in [7, 11) is 0. The van der Waals surface area contributed by atoms with Gasteiger partial charge in [-0.05, 0) is 23.6 Å². The molecule has 0 aliphatic heterocycles. The highest BCUT2D eigenvalue weighted by Gasteiger charge is 2.06. The van der Waals surface area contributed by atoms with Gasteiger partial charge >= 0.3 is 11.4 Å². The van der Waals surface area contributed by atoms with E-state index in [9.17, 15) is 9.59 Å². The molecular weight excluding hydrogens is 206 g/mol. The molecule has 0 amide bonds. The molecule has 2 aromatic rings. The van der Waals surface area contributed by atoms with E-state index in [1.54, 1.807) is 12.1 Å². The number of rotatable bonds is 2. The van der Waals surface area contributed by atoms with Crippen LogP contribution in [0.25, 0.3) is 5.69 Å². The van der Waals surface area contributed by atoms with E-state index in [1.165, 1.54) is 5.56 Å². The summed E-state index contributed by atoms with van der Waals surface area (Å²) < 4.78 is 1.06. The van der Waals surface area contributed by atoms with E-state index < -0.39 is 11.4 Å². The smallest absolute Gasteiger partial charge is 0.247 e. The van der Waals surface area contributed by atoms with Crippen LogP contribution >= 0.6 is 0 Å². The average Bonchev–Trinajstić information content (AvgIpc) is 2.59. The second kappa shape index (κ2) is 3.84. The third-order valence-corrected chi connectivity index (χ3v) is 2.50. The van der Waals surface area contributed by atoms with Gasteiger partial charge in [0.1, 0.15) is 0 Å². The number of aromatic nitrogens is 3. The first-order valence-corrected chi connectivity index (χ1v) is 5.09. The molecule has 1 aromatic heterocycles. The molecule has 0 aliphatic carbocycles. The van der Waals surface area contributed by atoms with Gasteiger partial charge in [-0.2, -0.15) is 0 Å². The highest BCUT2D eigenvalue weighted by atomic mass is 16.2. The largest absolute Gasteiger partial charge is 0.348 e. The van der Waals surface area contributed by atoms with Gasteiger partial charge in [-0.25, -0.2) is 24.4 Å². The van der Waals surface area contributed by atoms with Gasteiger partial charge in [0.2, 0.25) is 0 Å². The fourth-order valence-corrected chi connectivity index (χ4v) is 1.55. The molecule has 0 saturated carbocycles. The Morgan fingerprint density at radius 3 is 1.94 bits per heavy atom. The fourth-order valence-electron chi connectivity index (χ4n) is 1.55. The summed E-state index contributed by atoms with van der Waals surface area (Å²) in [6.07, 6.45) is 0. The van der Waals surface area contributed by atoms with E-state index in [4.69, 9.17) is 0 Å². The third kappa shape index (κ3) is 1.71. The molecule has 0 atom stereocenters. The number of aromatic amines is 2. The van der Waals surface area contributed by atoms with Crippen molar-refractivity contribution in [3.8, 4) is 5.69 Å². The Morgan fingerprint density at radius 2 is 1.50 bits per heavy atom. The van der Waals surface area contributed by atoms with Crippen LogP contribution in [0, 0.1) is 0 Å². The van der Waals surface area contributed by atoms with Crippen LogP contribution in [0.1, 0.15) is 25.3 Å². The van der Waals surface area contributed by atoms with Crippen molar-refractivity contribution in [2.45, 2.75) is 19.8 Å². The first-order chi connectivity index (χ1) is 7.59. The molecule has 1 heterocycles. The lowest BCUT2D eigenvalue weighted by molar-refractivity contribution is 0.863. The lowest BCUT2D eigenvalue weighted by Gasteiger charge is -2.05. The molecule has 0 spiro atoms. The van der Waals surface area contributed by atoms with Crippen molar-refractivity contribution in [1.29, 1.82) is 0 Å². The van der Waals surface area contributed by atoms with Gasteiger partial charge in [0.25, 0.3) is 0 Å². The summed E-state index contributed by atoms with van der Waals surface area (Å²) in [6.45, 7) is 4.18. The molecule has 5 heteroatoms. The van der Waals surface area contributed by atoms with Crippen molar-refractivity contribution in [2.24, 2.45) is 0 Å². The Morgan fingerprint density at radius 1 is 1.00 bits per heavy atom. The molecule has 0 aliphatic rings. The van der Waals surface area contributed by atoms with Gasteiger partial charge in [0.15, 0.2) is 0 Å². The number of benzene rings is 1. The normalized spacial score (nSPS) is 10.9. The number of hydrogen-bond donors (Lipinski definition) is 2. The minimum absolute atomic E-state index is 0.426. The first kappa shape index (κ1) is 10.5. The summed E-state index contributed by atoms with van der Waals surface area (Å²) in [5.74, 6) is 0.426. The Bertz CT molecular complexity index is 559. The van der Waals surface area contributed by atoms with Gasteiger partial charge in [0, 0.05) is 0 Å². The SMILES string of the molecule is CC(C)c1ccc(-n2c(=O)[nH][nH]c2=O)cc1. The lowest BCUT2D eigenvalue weighted by Crippen LogP contribution is -2.24. The number of nitrogens with zero attached hydrogens (tertiary/aromatic N) is 1. The molecule has 0 saturated heterocycles. The highest BCUT2D eigenvalue weighted by Crippen LogP contribution is 2.15. The molecule has 0 fully saturated rings. The maximum atomic E-state index is 11.3. The number of nitrogens with one attached hydrogen (secondary N) is 2. The predicted octanol–water partition coefficient (Wildman–Crippen LogP) is 0.977. The van der Waals surface area contributed by atoms with Crippen molar-refractivity contribution in [2.75, 3.05) is 0 Å². The van der Waals surface area contributed by atoms with Crippen LogP contribution in [-0.4, -0.2) is 14.8 Å². The standard InChI is InChI=1S/C11H13N3O2/c1-7(2)8-3-5-9(6-4-8)14-10(15)12-13-11(14)16/h3-7H,1-2H3,(H,12,15)(H,13,16). The Labute approximate surface area is 91.7 Å². The molecule has 0 bridgehead atoms. The van der Waals surface area contributed by atoms with E-state index >= 15 is 0 Å². The van der Waals surface area contributed by atoms with E-state index in [2.05, 4.69) is 24.0 Å². The maximum absolute atomic E-state index is 11.3. The second-order valence-corrected chi connectivity index (χ2v) is 3.94. The minimum atomic E-state index is -0.456. The highest BCUT2D eigenvalue weighted by molar-refractivity contribution is 5.35. The molecule has 0 unspecified atom stereocenters. The zero-order valence-corrected chi connectivity index (χ0v) is 9.15. The fraction of sp³-hybridized carbons (Fsp3) is 0.273. The van der Waals surface area contributed by atoms with Crippen LogP contribution < -0.4 is 11.4 Å². The van der Waals surface area contributed by atoms with Crippen molar-refractivity contribution in [3.05, 3.63) is 50.8 Å². The van der Waals surface area contributed by atoms with Crippen molar-refractivity contribution in [1.82, 2.24) is 14.8 Å². The van der Waals surface area contributed by atoms with Crippen LogP contribution in [0.2, 0.25) is 0 Å². The Hall–Kier alpha value is -2.04. The molecule has 1 aromatic carbocycles. The van der Waals surface area contributed by atoms with Crippen LogP contribution in [0.4, 0.5) is 0 Å². The molecule has 2 rings (SSSR count). The monoisotopic (exact) mass is 219 g/mol. The van der Waals surface area contributed by atoms with Crippen molar-refractivity contribution >= 4 is 0 Å². The summed E-state index contributed by atoms with van der Waals surface area (Å²) in [5.41, 5.74) is 0.824. The van der Waals surface area contributed by atoms with E-state index in [0.717, 1.165) is 4.57 Å². The van der Waals surface area contributed by atoms with Gasteiger partial charge < -0.3 is 0 Å². The summed E-state index contributed by atoms with van der Waals surface area (Å²) in [5, 5.41) is 4.49. The summed E-state index contributed by atoms with van der Waals surface area (Å²) in [6, 6.07) is 7.36. The molecule has 16 heavy (non-hydrogen) atoms. The summed E-state index contributed by atoms with van der Waals surface area (Å²) in [4.78, 5) is 22.7. The van der Waals surface area contributed by atoms with Crippen LogP contribution in [-0.2, 0) is 0 Å². The van der Waals surface area contributed by atoms with Gasteiger partial charge in [-0.15, -0.1) is 0 Å². The first-order valence-electron chi connectivity index (χ1n) is 5.09. The van der Waals surface area contributed by atoms with Crippen molar-refractivity contribution < 1.29 is 0 Å². The number of hydrogen-bond acceptors (Lipinski definition) is 2. The molecule has 2 N–H and O–H groups in total. The molecule has 0 radical (unpaired) electrons. The van der Waals surface area contributed by atoms with Gasteiger partial charge in [-0.3, -0.25) is 0 Å². The molecular formula is C11H13N3O2. The third-order valence-electron chi connectivity index (χ3n) is 2.50. The molecule has 5 nitrogen and oxygen atoms in total. The topological polar surface area (TPSA) is 70.7 Å². The van der Waals surface area contributed by atoms with Crippen LogP contribution in [0.3, 0.4) is 0 Å². The van der Waals surface area contributed by atoms with Gasteiger partial charge in [-0.1, -0.05) is 26.0 Å². The van der Waals surface area contributed by atoms with Crippen LogP contribution in [0.5, 0.6) is 0 Å². The van der Waals surface area contributed by atoms with Gasteiger partial charge in [0.05, 0.1) is 5.69 Å². The molecule has 84 valence electrons. The summed E-state index contributed by atoms with van der Waals surface area (Å²) >= 11 is 0. The predicted molar refractivity (Wildman–Crippen MR) is 61.1 cm³/mol. The second-order valence-electron chi connectivity index (χ2n) is 3.94. The number of H-pyrrole nitrogens is 2. The lowest BCUT2D eigenvalue weighted by atomic mass is 10.0. The maximum Gasteiger partial charge on any atom is 0.348 e. The minimum Gasteiger partial charge on any atom is -0.247 e. The Kier molecular flexibility index (Phi) is 2.52. The van der Waals surface area contributed by atoms with E-state index in [0.29, 0.717) is 11.6 Å². The van der Waals surface area contributed by atoms with E-state index in [-0.39, 0.29) is 0 Å². The average molecular weight is 219 g/mol.